The Morgan fingerprint density at radius 2 is 1.61 bits per heavy atom. The first-order valence-electron chi connectivity index (χ1n) is 11.8. The Labute approximate surface area is 198 Å². The van der Waals surface area contributed by atoms with Crippen molar-refractivity contribution >= 4 is 32.5 Å². The molecule has 3 aromatic rings. The molecule has 0 unspecified atom stereocenters. The maximum absolute atomic E-state index is 12.3. The molecule has 0 atom stereocenters. The number of benzene rings is 2. The summed E-state index contributed by atoms with van der Waals surface area (Å²) in [7, 11) is -3.31. The molecule has 178 valence electrons. The first-order valence-corrected chi connectivity index (χ1v) is 13.7. The molecule has 6 heteroatoms. The van der Waals surface area contributed by atoms with Gasteiger partial charge < -0.3 is 9.88 Å². The van der Waals surface area contributed by atoms with Crippen LogP contribution in [0.25, 0.3) is 11.0 Å². The van der Waals surface area contributed by atoms with Gasteiger partial charge in [0.05, 0.1) is 15.9 Å². The third kappa shape index (κ3) is 5.11. The SMILES string of the molecule is CC(C)c1ccc(Nc2nc3ccc(S(C)(=O)=O)cc3n2C2CC(C)(C)CC(C)(C)C2)cc1. The highest BCUT2D eigenvalue weighted by Crippen LogP contribution is 2.51. The van der Waals surface area contributed by atoms with E-state index in [1.807, 2.05) is 6.07 Å². The minimum atomic E-state index is -3.31. The zero-order valence-electron chi connectivity index (χ0n) is 20.9. The number of anilines is 2. The van der Waals surface area contributed by atoms with Crippen LogP contribution in [0.3, 0.4) is 0 Å². The zero-order chi connectivity index (χ0) is 24.2. The van der Waals surface area contributed by atoms with E-state index in [1.54, 1.807) is 12.1 Å². The second-order valence-electron chi connectivity index (χ2n) is 11.7. The topological polar surface area (TPSA) is 64.0 Å². The van der Waals surface area contributed by atoms with Crippen molar-refractivity contribution in [1.82, 2.24) is 9.55 Å². The molecule has 0 spiro atoms. The lowest BCUT2D eigenvalue weighted by molar-refractivity contribution is 0.0746. The molecule has 1 heterocycles. The lowest BCUT2D eigenvalue weighted by Gasteiger charge is -2.45. The highest BCUT2D eigenvalue weighted by atomic mass is 32.2. The van der Waals surface area contributed by atoms with E-state index in [0.29, 0.717) is 10.8 Å². The van der Waals surface area contributed by atoms with Gasteiger partial charge in [-0.2, -0.15) is 0 Å². The van der Waals surface area contributed by atoms with Crippen molar-refractivity contribution in [3.05, 3.63) is 48.0 Å². The van der Waals surface area contributed by atoms with Crippen LogP contribution in [0.2, 0.25) is 0 Å². The second-order valence-corrected chi connectivity index (χ2v) is 13.7. The first kappa shape index (κ1) is 23.8. The number of fused-ring (bicyclic) bond motifs is 1. The number of hydrogen-bond donors (Lipinski definition) is 1. The quantitative estimate of drug-likeness (QED) is 0.435. The van der Waals surface area contributed by atoms with Crippen LogP contribution in [-0.2, 0) is 9.84 Å². The average Bonchev–Trinajstić information content (AvgIpc) is 3.02. The maximum Gasteiger partial charge on any atom is 0.208 e. The van der Waals surface area contributed by atoms with Gasteiger partial charge in [-0.1, -0.05) is 53.7 Å². The molecule has 1 aliphatic rings. The maximum atomic E-state index is 12.3. The van der Waals surface area contributed by atoms with E-state index in [-0.39, 0.29) is 16.9 Å². The second kappa shape index (κ2) is 8.15. The third-order valence-corrected chi connectivity index (χ3v) is 7.93. The van der Waals surface area contributed by atoms with Crippen LogP contribution in [0.1, 0.15) is 78.3 Å². The minimum absolute atomic E-state index is 0.188. The van der Waals surface area contributed by atoms with Crippen LogP contribution in [-0.4, -0.2) is 24.2 Å². The van der Waals surface area contributed by atoms with Crippen molar-refractivity contribution in [2.24, 2.45) is 10.8 Å². The smallest absolute Gasteiger partial charge is 0.208 e. The molecule has 0 amide bonds. The van der Waals surface area contributed by atoms with Crippen LogP contribution in [0.15, 0.2) is 47.4 Å². The molecule has 5 nitrogen and oxygen atoms in total. The molecule has 0 saturated heterocycles. The number of nitrogens with zero attached hydrogens (tertiary/aromatic N) is 2. The number of aromatic nitrogens is 2. The molecule has 0 aliphatic heterocycles. The van der Waals surface area contributed by atoms with Crippen molar-refractivity contribution in [2.75, 3.05) is 11.6 Å². The van der Waals surface area contributed by atoms with Gasteiger partial charge in [-0.05, 0) is 71.9 Å². The van der Waals surface area contributed by atoms with Crippen LogP contribution in [0.5, 0.6) is 0 Å². The molecule has 2 aromatic carbocycles. The van der Waals surface area contributed by atoms with Gasteiger partial charge in [-0.25, -0.2) is 13.4 Å². The average molecular weight is 468 g/mol. The van der Waals surface area contributed by atoms with Crippen molar-refractivity contribution in [3.8, 4) is 0 Å². The molecule has 1 saturated carbocycles. The van der Waals surface area contributed by atoms with E-state index in [9.17, 15) is 8.42 Å². The van der Waals surface area contributed by atoms with Crippen LogP contribution >= 0.6 is 0 Å². The Morgan fingerprint density at radius 1 is 1.00 bits per heavy atom. The summed E-state index contributed by atoms with van der Waals surface area (Å²) >= 11 is 0. The van der Waals surface area contributed by atoms with Crippen LogP contribution in [0, 0.1) is 10.8 Å². The van der Waals surface area contributed by atoms with Gasteiger partial charge in [0.1, 0.15) is 0 Å². The molecule has 1 N–H and O–H groups in total. The molecule has 1 aliphatic carbocycles. The van der Waals surface area contributed by atoms with Crippen molar-refractivity contribution < 1.29 is 8.42 Å². The van der Waals surface area contributed by atoms with Gasteiger partial charge in [-0.15, -0.1) is 0 Å². The third-order valence-electron chi connectivity index (χ3n) is 6.82. The largest absolute Gasteiger partial charge is 0.326 e. The Morgan fingerprint density at radius 3 is 2.15 bits per heavy atom. The summed E-state index contributed by atoms with van der Waals surface area (Å²) in [6.07, 6.45) is 4.46. The number of imidazole rings is 1. The zero-order valence-corrected chi connectivity index (χ0v) is 21.8. The highest BCUT2D eigenvalue weighted by Gasteiger charge is 2.40. The molecule has 0 bridgehead atoms. The normalized spacial score (nSPS) is 18.7. The van der Waals surface area contributed by atoms with Crippen molar-refractivity contribution in [3.63, 3.8) is 0 Å². The summed E-state index contributed by atoms with van der Waals surface area (Å²) < 4.78 is 26.9. The van der Waals surface area contributed by atoms with Gasteiger partial charge in [0.25, 0.3) is 0 Å². The molecular weight excluding hydrogens is 430 g/mol. The molecule has 4 rings (SSSR count). The number of rotatable bonds is 5. The Balaban J connectivity index is 1.85. The van der Waals surface area contributed by atoms with E-state index >= 15 is 0 Å². The van der Waals surface area contributed by atoms with Gasteiger partial charge in [-0.3, -0.25) is 0 Å². The molecule has 1 fully saturated rings. The lowest BCUT2D eigenvalue weighted by atomic mass is 9.63. The van der Waals surface area contributed by atoms with Gasteiger partial charge in [0.2, 0.25) is 5.95 Å². The molecule has 0 radical (unpaired) electrons. The Hall–Kier alpha value is -2.34. The number of nitrogens with one attached hydrogen (secondary N) is 1. The van der Waals surface area contributed by atoms with E-state index in [4.69, 9.17) is 4.98 Å². The lowest BCUT2D eigenvalue weighted by Crippen LogP contribution is -2.35. The molecular formula is C27H37N3O2S. The van der Waals surface area contributed by atoms with Crippen molar-refractivity contribution in [1.29, 1.82) is 0 Å². The van der Waals surface area contributed by atoms with Gasteiger partial charge >= 0.3 is 0 Å². The van der Waals surface area contributed by atoms with E-state index in [2.05, 4.69) is 75.7 Å². The minimum Gasteiger partial charge on any atom is -0.326 e. The van der Waals surface area contributed by atoms with Crippen LogP contribution in [0.4, 0.5) is 11.6 Å². The predicted molar refractivity (Wildman–Crippen MR) is 137 cm³/mol. The van der Waals surface area contributed by atoms with Gasteiger partial charge in [0, 0.05) is 18.0 Å². The fraction of sp³-hybridized carbons (Fsp3) is 0.519. The summed E-state index contributed by atoms with van der Waals surface area (Å²) in [6.45, 7) is 13.7. The van der Waals surface area contributed by atoms with Crippen molar-refractivity contribution in [2.45, 2.75) is 77.7 Å². The summed E-state index contributed by atoms with van der Waals surface area (Å²) in [5, 5.41) is 3.54. The van der Waals surface area contributed by atoms with E-state index < -0.39 is 9.84 Å². The monoisotopic (exact) mass is 467 g/mol. The fourth-order valence-electron chi connectivity index (χ4n) is 5.81. The fourth-order valence-corrected chi connectivity index (χ4v) is 6.45. The van der Waals surface area contributed by atoms with Crippen LogP contribution < -0.4 is 5.32 Å². The highest BCUT2D eigenvalue weighted by molar-refractivity contribution is 7.90. The predicted octanol–water partition coefficient (Wildman–Crippen LogP) is 7.08. The molecule has 33 heavy (non-hydrogen) atoms. The Kier molecular flexibility index (Phi) is 5.88. The summed E-state index contributed by atoms with van der Waals surface area (Å²) in [5.41, 5.74) is 4.33. The van der Waals surface area contributed by atoms with Gasteiger partial charge in [0.15, 0.2) is 9.84 Å². The summed E-state index contributed by atoms with van der Waals surface area (Å²) in [5.74, 6) is 1.25. The summed E-state index contributed by atoms with van der Waals surface area (Å²) in [4.78, 5) is 5.25. The first-order chi connectivity index (χ1) is 15.2. The number of sulfone groups is 1. The van der Waals surface area contributed by atoms with E-state index in [0.717, 1.165) is 41.9 Å². The standard InChI is InChI=1S/C27H37N3O2S/c1-18(2)19-8-10-20(11-9-19)28-25-29-23-13-12-22(33(7,31)32)14-24(23)30(25)21-15-26(3,4)17-27(5,6)16-21/h8-14,18,21H,15-17H2,1-7H3,(H,28,29). The molecule has 1 aromatic heterocycles. The van der Waals surface area contributed by atoms with E-state index in [1.165, 1.54) is 11.8 Å². The number of hydrogen-bond acceptors (Lipinski definition) is 4. The summed E-state index contributed by atoms with van der Waals surface area (Å²) in [6, 6.07) is 14.0. The Bertz CT molecular complexity index is 1250.